The van der Waals surface area contributed by atoms with Crippen LogP contribution in [0.2, 0.25) is 0 Å². The van der Waals surface area contributed by atoms with Gasteiger partial charge in [-0.15, -0.1) is 0 Å². The average molecular weight is 765 g/mol. The Morgan fingerprint density at radius 2 is 0.783 bits per heavy atom. The van der Waals surface area contributed by atoms with Gasteiger partial charge in [-0.05, 0) is 92.7 Å². The third kappa shape index (κ3) is 6.06. The van der Waals surface area contributed by atoms with E-state index in [4.69, 9.17) is 0 Å². The van der Waals surface area contributed by atoms with Crippen LogP contribution in [0.3, 0.4) is 0 Å². The van der Waals surface area contributed by atoms with Crippen molar-refractivity contribution in [2.24, 2.45) is 0 Å². The van der Waals surface area contributed by atoms with E-state index in [0.29, 0.717) is 0 Å². The Bertz CT molecular complexity index is 3300. The molecule has 0 saturated carbocycles. The highest BCUT2D eigenvalue weighted by molar-refractivity contribution is 6.16. The van der Waals surface area contributed by atoms with Crippen LogP contribution in [-0.4, -0.2) is 4.57 Å². The van der Waals surface area contributed by atoms with Gasteiger partial charge in [0, 0.05) is 33.3 Å². The molecule has 11 rings (SSSR count). The van der Waals surface area contributed by atoms with Gasteiger partial charge >= 0.3 is 0 Å². The van der Waals surface area contributed by atoms with Crippen molar-refractivity contribution < 1.29 is 0 Å². The average Bonchev–Trinajstić information content (AvgIpc) is 3.67. The van der Waals surface area contributed by atoms with Crippen molar-refractivity contribution >= 4 is 49.6 Å². The zero-order chi connectivity index (χ0) is 39.8. The zero-order valence-electron chi connectivity index (χ0n) is 33.0. The fourth-order valence-corrected chi connectivity index (χ4v) is 9.19. The van der Waals surface area contributed by atoms with Crippen LogP contribution in [0.1, 0.15) is 0 Å². The van der Waals surface area contributed by atoms with Gasteiger partial charge in [0.2, 0.25) is 0 Å². The standard InChI is InChI=1S/C58H40N2/c1-4-20-41(21-5-1)47-30-10-13-36-53(47)60(54-37-14-11-31-50(54)51-35-18-25-43-24-17-33-48(57(43)51)42-22-6-2-7-23-42)46-29-16-26-44(40-46)49-34-19-39-56-58(49)52-32-12-15-38-55(52)59(56)45-27-8-3-9-28-45/h1-40H. The number of nitrogens with zero attached hydrogens (tertiary/aromatic N) is 2. The summed E-state index contributed by atoms with van der Waals surface area (Å²) in [7, 11) is 0. The second-order valence-electron chi connectivity index (χ2n) is 15.2. The van der Waals surface area contributed by atoms with Crippen molar-refractivity contribution in [2.75, 3.05) is 4.90 Å². The Morgan fingerprint density at radius 3 is 1.52 bits per heavy atom. The summed E-state index contributed by atoms with van der Waals surface area (Å²) in [6.07, 6.45) is 0. The lowest BCUT2D eigenvalue weighted by atomic mass is 9.90. The third-order valence-corrected chi connectivity index (χ3v) is 11.8. The molecule has 0 aliphatic rings. The Labute approximate surface area is 350 Å². The van der Waals surface area contributed by atoms with Crippen molar-refractivity contribution in [1.29, 1.82) is 0 Å². The Morgan fingerprint density at radius 1 is 0.300 bits per heavy atom. The molecule has 0 saturated heterocycles. The lowest BCUT2D eigenvalue weighted by molar-refractivity contribution is 1.18. The van der Waals surface area contributed by atoms with E-state index in [9.17, 15) is 0 Å². The van der Waals surface area contributed by atoms with Gasteiger partial charge in [-0.2, -0.15) is 0 Å². The minimum atomic E-state index is 1.08. The number of benzene rings is 10. The van der Waals surface area contributed by atoms with Crippen LogP contribution in [0, 0.1) is 0 Å². The highest BCUT2D eigenvalue weighted by Crippen LogP contribution is 2.48. The second kappa shape index (κ2) is 15.1. The third-order valence-electron chi connectivity index (χ3n) is 11.8. The molecular formula is C58H40N2. The maximum atomic E-state index is 2.47. The molecule has 60 heavy (non-hydrogen) atoms. The van der Waals surface area contributed by atoms with Gasteiger partial charge in [-0.1, -0.05) is 194 Å². The lowest BCUT2D eigenvalue weighted by Crippen LogP contribution is -2.12. The SMILES string of the molecule is c1ccc(-c2ccccc2N(c2cccc(-c3cccc4c3c3ccccc3n4-c3ccccc3)c2)c2ccccc2-c2cccc3cccc(-c4ccccc4)c23)cc1. The molecular weight excluding hydrogens is 725 g/mol. The molecule has 10 aromatic carbocycles. The fraction of sp³-hybridized carbons (Fsp3) is 0. The number of hydrogen-bond donors (Lipinski definition) is 0. The molecule has 0 amide bonds. The molecule has 0 spiro atoms. The van der Waals surface area contributed by atoms with Crippen LogP contribution in [0.15, 0.2) is 243 Å². The summed E-state index contributed by atoms with van der Waals surface area (Å²) in [5.74, 6) is 0. The maximum Gasteiger partial charge on any atom is 0.0547 e. The molecule has 2 heteroatoms. The summed E-state index contributed by atoms with van der Waals surface area (Å²) in [4.78, 5) is 2.47. The molecule has 1 aromatic heterocycles. The van der Waals surface area contributed by atoms with Gasteiger partial charge in [0.15, 0.2) is 0 Å². The van der Waals surface area contributed by atoms with Gasteiger partial charge in [0.1, 0.15) is 0 Å². The molecule has 0 aliphatic heterocycles. The van der Waals surface area contributed by atoms with Crippen molar-refractivity contribution in [1.82, 2.24) is 4.57 Å². The van der Waals surface area contributed by atoms with E-state index in [1.807, 2.05) is 0 Å². The van der Waals surface area contributed by atoms with Crippen LogP contribution in [0.5, 0.6) is 0 Å². The first-order valence-corrected chi connectivity index (χ1v) is 20.6. The molecule has 0 bridgehead atoms. The second-order valence-corrected chi connectivity index (χ2v) is 15.2. The van der Waals surface area contributed by atoms with Crippen molar-refractivity contribution in [3.8, 4) is 50.2 Å². The van der Waals surface area contributed by atoms with E-state index in [0.717, 1.165) is 39.4 Å². The van der Waals surface area contributed by atoms with Gasteiger partial charge in [0.25, 0.3) is 0 Å². The summed E-state index contributed by atoms with van der Waals surface area (Å²) >= 11 is 0. The van der Waals surface area contributed by atoms with E-state index < -0.39 is 0 Å². The molecule has 11 aromatic rings. The summed E-state index contributed by atoms with van der Waals surface area (Å²) in [6.45, 7) is 0. The van der Waals surface area contributed by atoms with Crippen molar-refractivity contribution in [2.45, 2.75) is 0 Å². The van der Waals surface area contributed by atoms with Crippen molar-refractivity contribution in [3.05, 3.63) is 243 Å². The lowest BCUT2D eigenvalue weighted by Gasteiger charge is -2.30. The molecule has 0 radical (unpaired) electrons. The number of para-hydroxylation sites is 4. The first kappa shape index (κ1) is 35.2. The van der Waals surface area contributed by atoms with E-state index in [-0.39, 0.29) is 0 Å². The van der Waals surface area contributed by atoms with Crippen LogP contribution < -0.4 is 4.90 Å². The minimum Gasteiger partial charge on any atom is -0.309 e. The Kier molecular flexibility index (Phi) is 8.87. The predicted octanol–water partition coefficient (Wildman–Crippen LogP) is 16.1. The summed E-state index contributed by atoms with van der Waals surface area (Å²) in [5.41, 5.74) is 16.3. The molecule has 0 N–H and O–H groups in total. The summed E-state index contributed by atoms with van der Waals surface area (Å²) in [5, 5.41) is 4.93. The van der Waals surface area contributed by atoms with Gasteiger partial charge in [-0.25, -0.2) is 0 Å². The van der Waals surface area contributed by atoms with Crippen LogP contribution in [-0.2, 0) is 0 Å². The Hall–Kier alpha value is -7.94. The largest absolute Gasteiger partial charge is 0.309 e. The monoisotopic (exact) mass is 764 g/mol. The highest BCUT2D eigenvalue weighted by Gasteiger charge is 2.23. The molecule has 0 atom stereocenters. The number of rotatable bonds is 8. The molecule has 1 heterocycles. The minimum absolute atomic E-state index is 1.08. The van der Waals surface area contributed by atoms with E-state index in [2.05, 4.69) is 252 Å². The fourth-order valence-electron chi connectivity index (χ4n) is 9.19. The molecule has 0 unspecified atom stereocenters. The summed E-state index contributed by atoms with van der Waals surface area (Å²) in [6, 6.07) is 87.9. The van der Waals surface area contributed by atoms with Crippen LogP contribution in [0.4, 0.5) is 17.1 Å². The smallest absolute Gasteiger partial charge is 0.0547 e. The quantitative estimate of drug-likeness (QED) is 0.150. The molecule has 2 nitrogen and oxygen atoms in total. The van der Waals surface area contributed by atoms with E-state index in [1.54, 1.807) is 0 Å². The number of aromatic nitrogens is 1. The highest BCUT2D eigenvalue weighted by atomic mass is 15.1. The van der Waals surface area contributed by atoms with Crippen LogP contribution >= 0.6 is 0 Å². The Balaban J connectivity index is 1.17. The topological polar surface area (TPSA) is 8.17 Å². The number of hydrogen-bond acceptors (Lipinski definition) is 1. The number of fused-ring (bicyclic) bond motifs is 4. The first-order chi connectivity index (χ1) is 29.8. The van der Waals surface area contributed by atoms with Gasteiger partial charge < -0.3 is 9.47 Å². The van der Waals surface area contributed by atoms with Gasteiger partial charge in [0.05, 0.1) is 22.4 Å². The summed E-state index contributed by atoms with van der Waals surface area (Å²) < 4.78 is 2.39. The van der Waals surface area contributed by atoms with Crippen molar-refractivity contribution in [3.63, 3.8) is 0 Å². The van der Waals surface area contributed by atoms with Crippen LogP contribution in [0.25, 0.3) is 82.8 Å². The maximum absolute atomic E-state index is 2.47. The number of anilines is 3. The van der Waals surface area contributed by atoms with Gasteiger partial charge in [-0.3, -0.25) is 0 Å². The van der Waals surface area contributed by atoms with E-state index in [1.165, 1.54) is 60.4 Å². The van der Waals surface area contributed by atoms with E-state index >= 15 is 0 Å². The normalized spacial score (nSPS) is 11.3. The predicted molar refractivity (Wildman–Crippen MR) is 255 cm³/mol. The molecule has 0 aliphatic carbocycles. The first-order valence-electron chi connectivity index (χ1n) is 20.6. The zero-order valence-corrected chi connectivity index (χ0v) is 33.0. The molecule has 0 fully saturated rings. The molecule has 282 valence electrons.